The summed E-state index contributed by atoms with van der Waals surface area (Å²) in [6, 6.07) is 5.22. The van der Waals surface area contributed by atoms with E-state index in [1.807, 2.05) is 6.92 Å². The van der Waals surface area contributed by atoms with Crippen LogP contribution in [0.15, 0.2) is 30.6 Å². The molecule has 6 nitrogen and oxygen atoms in total. The summed E-state index contributed by atoms with van der Waals surface area (Å²) < 4.78 is 37.9. The van der Waals surface area contributed by atoms with Crippen LogP contribution in [0.1, 0.15) is 78.6 Å². The highest BCUT2D eigenvalue weighted by Crippen LogP contribution is 2.68. The van der Waals surface area contributed by atoms with Crippen LogP contribution in [-0.4, -0.2) is 19.8 Å². The van der Waals surface area contributed by atoms with Gasteiger partial charge in [0.1, 0.15) is 5.78 Å². The Morgan fingerprint density at radius 1 is 0.938 bits per heavy atom. The summed E-state index contributed by atoms with van der Waals surface area (Å²) in [4.78, 5) is 12.1. The fraction of sp³-hybridized carbons (Fsp3) is 0.760. The molecule has 0 saturated heterocycles. The Hall–Kier alpha value is -1.47. The Morgan fingerprint density at radius 3 is 2.41 bits per heavy atom. The average molecular weight is 463 g/mol. The smallest absolute Gasteiger partial charge is 0.300 e. The molecular formula is C25H36NO5S+. The van der Waals surface area contributed by atoms with Gasteiger partial charge >= 0.3 is 10.4 Å². The Morgan fingerprint density at radius 2 is 1.66 bits per heavy atom. The zero-order valence-electron chi connectivity index (χ0n) is 19.5. The molecule has 5 rings (SSSR count). The van der Waals surface area contributed by atoms with Crippen LogP contribution < -0.4 is 9.01 Å². The van der Waals surface area contributed by atoms with Crippen molar-refractivity contribution in [2.75, 3.05) is 0 Å². The quantitative estimate of drug-likeness (QED) is 0.632. The van der Waals surface area contributed by atoms with Gasteiger partial charge in [-0.15, -0.1) is 4.28 Å². The van der Waals surface area contributed by atoms with E-state index < -0.39 is 16.0 Å². The molecule has 176 valence electrons. The molecule has 0 spiro atoms. The Labute approximate surface area is 192 Å². The zero-order valence-corrected chi connectivity index (χ0v) is 20.3. The maximum absolute atomic E-state index is 12.8. The number of hydrogen-bond acceptors (Lipinski definition) is 5. The van der Waals surface area contributed by atoms with Crippen LogP contribution in [0.5, 0.6) is 0 Å². The lowest BCUT2D eigenvalue weighted by Crippen LogP contribution is -2.57. The molecule has 1 aromatic heterocycles. The van der Waals surface area contributed by atoms with Gasteiger partial charge in [-0.05, 0) is 81.0 Å². The second-order valence-electron chi connectivity index (χ2n) is 11.4. The molecule has 4 aliphatic carbocycles. The fourth-order valence-electron chi connectivity index (χ4n) is 8.19. The van der Waals surface area contributed by atoms with Crippen molar-refractivity contribution in [3.8, 4) is 0 Å². The van der Waals surface area contributed by atoms with Crippen LogP contribution in [-0.2, 0) is 19.4 Å². The number of carbonyl (C=O) groups is 1. The van der Waals surface area contributed by atoms with Crippen LogP contribution in [0.3, 0.4) is 0 Å². The molecule has 0 bridgehead atoms. The SMILES string of the molecule is C[C@]12CCC(=O)C[C@@H]1CC[C@@H]1[C@@H]2CC[C@@]2(C)[C@H]1CC[C@]2(C)OS(=O)(=O)O[n+]1ccccc1. The molecule has 0 aliphatic heterocycles. The zero-order chi connectivity index (χ0) is 22.8. The van der Waals surface area contributed by atoms with E-state index in [9.17, 15) is 13.2 Å². The van der Waals surface area contributed by atoms with Gasteiger partial charge < -0.3 is 0 Å². The summed E-state index contributed by atoms with van der Waals surface area (Å²) in [5, 5.41) is 0. The molecule has 4 saturated carbocycles. The molecule has 0 radical (unpaired) electrons. The summed E-state index contributed by atoms with van der Waals surface area (Å²) in [6.07, 6.45) is 11.6. The molecule has 0 unspecified atom stereocenters. The van der Waals surface area contributed by atoms with Gasteiger partial charge in [0.25, 0.3) is 0 Å². The normalized spacial score (nSPS) is 43.8. The van der Waals surface area contributed by atoms with Crippen molar-refractivity contribution in [2.45, 2.75) is 84.2 Å². The standard InChI is InChI=1S/C25H36NO5S/c1-23-12-9-19(27)17-18(23)7-8-20-21(23)10-13-24(2)22(20)11-14-25(24,3)30-32(28,29)31-26-15-5-4-6-16-26/h4-6,15-16,18,20-22H,7-14,17H2,1-3H3/q+1/t18-,20+,21-,22-,23-,24-,25-/m0/s1. The average Bonchev–Trinajstić information content (AvgIpc) is 2.99. The van der Waals surface area contributed by atoms with Gasteiger partial charge in [-0.2, -0.15) is 8.42 Å². The van der Waals surface area contributed by atoms with E-state index in [1.54, 1.807) is 30.6 Å². The predicted molar refractivity (Wildman–Crippen MR) is 118 cm³/mol. The number of rotatable bonds is 4. The maximum atomic E-state index is 12.8. The van der Waals surface area contributed by atoms with Crippen molar-refractivity contribution in [3.63, 3.8) is 0 Å². The van der Waals surface area contributed by atoms with Crippen molar-refractivity contribution in [3.05, 3.63) is 30.6 Å². The third-order valence-electron chi connectivity index (χ3n) is 10.2. The predicted octanol–water partition coefficient (Wildman–Crippen LogP) is 4.03. The van der Waals surface area contributed by atoms with E-state index in [0.29, 0.717) is 29.5 Å². The van der Waals surface area contributed by atoms with Gasteiger partial charge in [-0.25, -0.2) is 4.18 Å². The third-order valence-corrected chi connectivity index (χ3v) is 11.1. The lowest BCUT2D eigenvalue weighted by Gasteiger charge is -2.61. The number of nitrogens with zero attached hydrogens (tertiary/aromatic N) is 1. The number of aromatic nitrogens is 1. The van der Waals surface area contributed by atoms with Crippen molar-refractivity contribution >= 4 is 16.2 Å². The number of carbonyl (C=O) groups excluding carboxylic acids is 1. The highest BCUT2D eigenvalue weighted by Gasteiger charge is 2.65. The summed E-state index contributed by atoms with van der Waals surface area (Å²) in [5.41, 5.74) is -0.742. The van der Waals surface area contributed by atoms with Gasteiger partial charge in [0.05, 0.1) is 5.60 Å². The van der Waals surface area contributed by atoms with E-state index in [4.69, 9.17) is 8.47 Å². The van der Waals surface area contributed by atoms with E-state index >= 15 is 0 Å². The lowest BCUT2D eigenvalue weighted by molar-refractivity contribution is -0.857. The number of ketones is 1. The second-order valence-corrected chi connectivity index (χ2v) is 12.6. The number of Topliss-reactive ketones (excluding diaryl/α,β-unsaturated/α-hetero) is 1. The van der Waals surface area contributed by atoms with Crippen LogP contribution in [0.25, 0.3) is 0 Å². The highest BCUT2D eigenvalue weighted by atomic mass is 32.3. The van der Waals surface area contributed by atoms with E-state index in [-0.39, 0.29) is 10.8 Å². The van der Waals surface area contributed by atoms with Crippen LogP contribution >= 0.6 is 0 Å². The first-order valence-electron chi connectivity index (χ1n) is 12.2. The molecular weight excluding hydrogens is 426 g/mol. The Balaban J connectivity index is 1.37. The summed E-state index contributed by atoms with van der Waals surface area (Å²) in [7, 11) is -4.21. The van der Waals surface area contributed by atoms with E-state index in [1.165, 1.54) is 0 Å². The molecule has 32 heavy (non-hydrogen) atoms. The Kier molecular flexibility index (Phi) is 5.25. The third kappa shape index (κ3) is 3.42. The van der Waals surface area contributed by atoms with Gasteiger partial charge in [0.15, 0.2) is 0 Å². The summed E-state index contributed by atoms with van der Waals surface area (Å²) in [6.45, 7) is 6.64. The lowest BCUT2D eigenvalue weighted by atomic mass is 9.44. The topological polar surface area (TPSA) is 73.5 Å². The highest BCUT2D eigenvalue weighted by molar-refractivity contribution is 7.82. The van der Waals surface area contributed by atoms with Gasteiger partial charge in [0, 0.05) is 35.1 Å². The van der Waals surface area contributed by atoms with E-state index in [2.05, 4.69) is 13.8 Å². The molecule has 4 aliphatic rings. The van der Waals surface area contributed by atoms with Crippen molar-refractivity contribution in [2.24, 2.45) is 34.5 Å². The molecule has 0 aromatic carbocycles. The van der Waals surface area contributed by atoms with Crippen molar-refractivity contribution < 1.29 is 26.4 Å². The maximum Gasteiger partial charge on any atom is 0.503 e. The molecule has 7 heteroatoms. The summed E-state index contributed by atoms with van der Waals surface area (Å²) in [5.74, 6) is 2.62. The largest absolute Gasteiger partial charge is 0.503 e. The number of pyridine rings is 1. The van der Waals surface area contributed by atoms with Crippen LogP contribution in [0.2, 0.25) is 0 Å². The van der Waals surface area contributed by atoms with Crippen LogP contribution in [0, 0.1) is 34.5 Å². The monoisotopic (exact) mass is 462 g/mol. The van der Waals surface area contributed by atoms with Gasteiger partial charge in [-0.3, -0.25) is 4.79 Å². The van der Waals surface area contributed by atoms with Crippen molar-refractivity contribution in [1.29, 1.82) is 0 Å². The first-order chi connectivity index (χ1) is 15.1. The van der Waals surface area contributed by atoms with Crippen molar-refractivity contribution in [1.82, 2.24) is 0 Å². The molecule has 0 N–H and O–H groups in total. The first-order valence-corrected chi connectivity index (χ1v) is 13.5. The first kappa shape index (κ1) is 22.3. The second kappa shape index (κ2) is 7.52. The van der Waals surface area contributed by atoms with Gasteiger partial charge in [0.2, 0.25) is 12.4 Å². The number of hydrogen-bond donors (Lipinski definition) is 0. The minimum atomic E-state index is -4.21. The van der Waals surface area contributed by atoms with Crippen LogP contribution in [0.4, 0.5) is 0 Å². The molecule has 1 aromatic rings. The summed E-state index contributed by atoms with van der Waals surface area (Å²) >= 11 is 0. The van der Waals surface area contributed by atoms with E-state index in [0.717, 1.165) is 62.5 Å². The Bertz CT molecular complexity index is 997. The molecule has 4 fully saturated rings. The van der Waals surface area contributed by atoms with Gasteiger partial charge in [-0.1, -0.05) is 19.9 Å². The molecule has 7 atom stereocenters. The number of fused-ring (bicyclic) bond motifs is 5. The minimum absolute atomic E-state index is 0.209. The molecule has 1 heterocycles. The minimum Gasteiger partial charge on any atom is -0.300 e. The molecule has 0 amide bonds. The fourth-order valence-corrected chi connectivity index (χ4v) is 9.25.